The molecule has 0 aliphatic heterocycles. The molecule has 0 saturated heterocycles. The van der Waals surface area contributed by atoms with E-state index in [1.807, 2.05) is 24.3 Å². The summed E-state index contributed by atoms with van der Waals surface area (Å²) in [6.45, 7) is 1.65. The average molecular weight is 395 g/mol. The number of nitrogens with zero attached hydrogens (tertiary/aromatic N) is 1. The summed E-state index contributed by atoms with van der Waals surface area (Å²) in [6, 6.07) is 15.1. The lowest BCUT2D eigenvalue weighted by molar-refractivity contribution is -0.150. The second-order valence-electron chi connectivity index (χ2n) is 7.65. The van der Waals surface area contributed by atoms with Gasteiger partial charge >= 0.3 is 12.1 Å². The van der Waals surface area contributed by atoms with E-state index in [4.69, 9.17) is 9.47 Å². The van der Waals surface area contributed by atoms with Crippen molar-refractivity contribution in [1.82, 2.24) is 4.90 Å². The zero-order valence-corrected chi connectivity index (χ0v) is 16.6. The van der Waals surface area contributed by atoms with Gasteiger partial charge in [0.2, 0.25) is 0 Å². The Hall–Kier alpha value is -2.86. The fraction of sp³-hybridized carbons (Fsp3) is 0.391. The number of fused-ring (bicyclic) bond motifs is 3. The first-order chi connectivity index (χ1) is 14.0. The van der Waals surface area contributed by atoms with E-state index in [1.165, 1.54) is 18.9 Å². The maximum absolute atomic E-state index is 13.0. The Morgan fingerprint density at radius 3 is 2.10 bits per heavy atom. The van der Waals surface area contributed by atoms with Gasteiger partial charge in [-0.15, -0.1) is 0 Å². The number of aliphatic hydroxyl groups is 1. The van der Waals surface area contributed by atoms with Gasteiger partial charge in [0.15, 0.2) is 6.04 Å². The molecule has 2 aromatic rings. The minimum absolute atomic E-state index is 0.0597. The van der Waals surface area contributed by atoms with Crippen LogP contribution in [-0.4, -0.2) is 54.0 Å². The highest BCUT2D eigenvalue weighted by Gasteiger charge is 2.44. The molecule has 2 aliphatic rings. The van der Waals surface area contributed by atoms with E-state index in [0.717, 1.165) is 35.1 Å². The zero-order chi connectivity index (χ0) is 20.5. The van der Waals surface area contributed by atoms with Crippen LogP contribution in [0.25, 0.3) is 11.1 Å². The quantitative estimate of drug-likeness (QED) is 0.760. The van der Waals surface area contributed by atoms with Crippen molar-refractivity contribution in [3.05, 3.63) is 59.7 Å². The molecule has 1 fully saturated rings. The second-order valence-corrected chi connectivity index (χ2v) is 7.65. The van der Waals surface area contributed by atoms with Crippen molar-refractivity contribution < 1.29 is 24.2 Å². The molecule has 0 bridgehead atoms. The molecule has 2 atom stereocenters. The molecule has 0 heterocycles. The molecule has 2 aliphatic carbocycles. The highest BCUT2D eigenvalue weighted by Crippen LogP contribution is 2.44. The van der Waals surface area contributed by atoms with E-state index in [-0.39, 0.29) is 18.6 Å². The van der Waals surface area contributed by atoms with Crippen LogP contribution in [0.5, 0.6) is 0 Å². The number of benzene rings is 2. The second kappa shape index (κ2) is 7.87. The van der Waals surface area contributed by atoms with Gasteiger partial charge in [-0.05, 0) is 42.0 Å². The normalized spacial score (nSPS) is 17.1. The van der Waals surface area contributed by atoms with E-state index in [0.29, 0.717) is 0 Å². The molecule has 1 N–H and O–H groups in total. The molecule has 2 aromatic carbocycles. The standard InChI is InChI=1S/C23H25NO5/c1-14(25)21(22(26)28-2)24(15-11-12-15)23(27)29-13-20-18-9-5-3-7-16(18)17-8-4-6-10-19(17)20/h3-10,14-15,20-21,25H,11-13H2,1-2H3/t14-,21+/m1/s1. The number of carbonyl (C=O) groups excluding carboxylic acids is 2. The largest absolute Gasteiger partial charge is 0.467 e. The van der Waals surface area contributed by atoms with Crippen LogP contribution in [0.2, 0.25) is 0 Å². The zero-order valence-electron chi connectivity index (χ0n) is 16.6. The summed E-state index contributed by atoms with van der Waals surface area (Å²) in [5, 5.41) is 10.1. The minimum atomic E-state index is -1.07. The lowest BCUT2D eigenvalue weighted by atomic mass is 9.98. The molecule has 152 valence electrons. The molecule has 6 heteroatoms. The first-order valence-electron chi connectivity index (χ1n) is 9.92. The van der Waals surface area contributed by atoms with Gasteiger partial charge in [-0.25, -0.2) is 9.59 Å². The number of ether oxygens (including phenoxy) is 2. The lowest BCUT2D eigenvalue weighted by Gasteiger charge is -2.31. The van der Waals surface area contributed by atoms with Crippen molar-refractivity contribution in [2.45, 2.75) is 43.9 Å². The number of methoxy groups -OCH3 is 1. The predicted octanol–water partition coefficient (Wildman–Crippen LogP) is 3.32. The third-order valence-corrected chi connectivity index (χ3v) is 5.69. The summed E-state index contributed by atoms with van der Waals surface area (Å²) < 4.78 is 10.5. The monoisotopic (exact) mass is 395 g/mol. The molecule has 29 heavy (non-hydrogen) atoms. The van der Waals surface area contributed by atoms with Gasteiger partial charge in [-0.1, -0.05) is 48.5 Å². The lowest BCUT2D eigenvalue weighted by Crippen LogP contribution is -2.52. The van der Waals surface area contributed by atoms with Crippen LogP contribution in [0.4, 0.5) is 4.79 Å². The van der Waals surface area contributed by atoms with Crippen LogP contribution in [0.1, 0.15) is 36.8 Å². The molecular formula is C23H25NO5. The van der Waals surface area contributed by atoms with E-state index in [9.17, 15) is 14.7 Å². The summed E-state index contributed by atoms with van der Waals surface area (Å²) in [7, 11) is 1.25. The van der Waals surface area contributed by atoms with Crippen LogP contribution < -0.4 is 0 Å². The van der Waals surface area contributed by atoms with Crippen molar-refractivity contribution in [2.75, 3.05) is 13.7 Å². The number of esters is 1. The Morgan fingerprint density at radius 2 is 1.62 bits per heavy atom. The summed E-state index contributed by atoms with van der Waals surface area (Å²) in [6.07, 6.45) is -0.0800. The van der Waals surface area contributed by atoms with Crippen LogP contribution >= 0.6 is 0 Å². The number of hydrogen-bond acceptors (Lipinski definition) is 5. The van der Waals surface area contributed by atoms with Gasteiger partial charge in [-0.3, -0.25) is 4.90 Å². The van der Waals surface area contributed by atoms with Crippen LogP contribution in [0.15, 0.2) is 48.5 Å². The number of rotatable bonds is 6. The Balaban J connectivity index is 1.55. The average Bonchev–Trinajstić information content (AvgIpc) is 3.51. The Morgan fingerprint density at radius 1 is 1.07 bits per heavy atom. The first-order valence-corrected chi connectivity index (χ1v) is 9.92. The summed E-state index contributed by atoms with van der Waals surface area (Å²) in [4.78, 5) is 26.5. The van der Waals surface area contributed by atoms with Gasteiger partial charge in [-0.2, -0.15) is 0 Å². The first kappa shape index (κ1) is 19.5. The highest BCUT2D eigenvalue weighted by atomic mass is 16.6. The van der Waals surface area contributed by atoms with Crippen molar-refractivity contribution in [2.24, 2.45) is 0 Å². The fourth-order valence-electron chi connectivity index (χ4n) is 4.17. The minimum Gasteiger partial charge on any atom is -0.467 e. The molecule has 0 unspecified atom stereocenters. The van der Waals surface area contributed by atoms with Gasteiger partial charge in [0.1, 0.15) is 6.61 Å². The third-order valence-electron chi connectivity index (χ3n) is 5.69. The fourth-order valence-corrected chi connectivity index (χ4v) is 4.17. The smallest absolute Gasteiger partial charge is 0.410 e. The molecular weight excluding hydrogens is 370 g/mol. The highest BCUT2D eigenvalue weighted by molar-refractivity contribution is 5.83. The summed E-state index contributed by atoms with van der Waals surface area (Å²) in [5.41, 5.74) is 4.55. The van der Waals surface area contributed by atoms with Gasteiger partial charge < -0.3 is 14.6 Å². The summed E-state index contributed by atoms with van der Waals surface area (Å²) >= 11 is 0. The molecule has 0 radical (unpaired) electrons. The predicted molar refractivity (Wildman–Crippen MR) is 107 cm³/mol. The van der Waals surface area contributed by atoms with Gasteiger partial charge in [0.25, 0.3) is 0 Å². The molecule has 0 spiro atoms. The van der Waals surface area contributed by atoms with E-state index >= 15 is 0 Å². The molecule has 0 aromatic heterocycles. The van der Waals surface area contributed by atoms with E-state index in [2.05, 4.69) is 24.3 Å². The van der Waals surface area contributed by atoms with Gasteiger partial charge in [0, 0.05) is 12.0 Å². The SMILES string of the molecule is COC(=O)[C@H]([C@@H](C)O)N(C(=O)OCC1c2ccccc2-c2ccccc21)C1CC1. The maximum Gasteiger partial charge on any atom is 0.410 e. The van der Waals surface area contributed by atoms with Crippen molar-refractivity contribution >= 4 is 12.1 Å². The Bertz CT molecular complexity index is 875. The van der Waals surface area contributed by atoms with Crippen molar-refractivity contribution in [3.8, 4) is 11.1 Å². The number of hydrogen-bond donors (Lipinski definition) is 1. The Labute approximate surface area is 170 Å². The number of amides is 1. The maximum atomic E-state index is 13.0. The topological polar surface area (TPSA) is 76.1 Å². The van der Waals surface area contributed by atoms with Crippen LogP contribution in [-0.2, 0) is 14.3 Å². The van der Waals surface area contributed by atoms with Gasteiger partial charge in [0.05, 0.1) is 13.2 Å². The molecule has 6 nitrogen and oxygen atoms in total. The Kier molecular flexibility index (Phi) is 5.28. The molecule has 4 rings (SSSR count). The molecule has 1 saturated carbocycles. The third kappa shape index (κ3) is 3.60. The van der Waals surface area contributed by atoms with Crippen molar-refractivity contribution in [3.63, 3.8) is 0 Å². The van der Waals surface area contributed by atoms with Crippen molar-refractivity contribution in [1.29, 1.82) is 0 Å². The summed E-state index contributed by atoms with van der Waals surface area (Å²) in [5.74, 6) is -0.698. The van der Waals surface area contributed by atoms with Crippen LogP contribution in [0.3, 0.4) is 0 Å². The van der Waals surface area contributed by atoms with E-state index < -0.39 is 24.2 Å². The van der Waals surface area contributed by atoms with E-state index in [1.54, 1.807) is 0 Å². The van der Waals surface area contributed by atoms with Crippen LogP contribution in [0, 0.1) is 0 Å². The number of aliphatic hydroxyl groups excluding tert-OH is 1. The number of carbonyl (C=O) groups is 2. The molecule has 1 amide bonds.